The molecule has 102 valence electrons. The van der Waals surface area contributed by atoms with Crippen molar-refractivity contribution in [2.45, 2.75) is 26.3 Å². The van der Waals surface area contributed by atoms with E-state index in [9.17, 15) is 4.39 Å². The molecule has 0 aliphatic carbocycles. The summed E-state index contributed by atoms with van der Waals surface area (Å²) in [4.78, 5) is 7.68. The highest BCUT2D eigenvalue weighted by atomic mass is 19.1. The van der Waals surface area contributed by atoms with Crippen molar-refractivity contribution in [3.8, 4) is 5.88 Å². The number of nitrogens with zero attached hydrogens (tertiary/aromatic N) is 3. The Morgan fingerprint density at radius 3 is 2.89 bits per heavy atom. The first kappa shape index (κ1) is 13.3. The fraction of sp³-hybridized carbons (Fsp3) is 0.417. The molecule has 0 unspecified atom stereocenters. The van der Waals surface area contributed by atoms with E-state index >= 15 is 0 Å². The lowest BCUT2D eigenvalue weighted by atomic mass is 10.1. The normalized spacial score (nSPS) is 10.8. The van der Waals surface area contributed by atoms with Crippen LogP contribution in [-0.4, -0.2) is 22.2 Å². The number of aromatic nitrogens is 3. The van der Waals surface area contributed by atoms with Crippen LogP contribution < -0.4 is 10.1 Å². The summed E-state index contributed by atoms with van der Waals surface area (Å²) in [5.41, 5.74) is 0.732. The number of rotatable bonds is 5. The van der Waals surface area contributed by atoms with Gasteiger partial charge in [0.25, 0.3) is 5.88 Å². The summed E-state index contributed by atoms with van der Waals surface area (Å²) in [7, 11) is 1.35. The van der Waals surface area contributed by atoms with Gasteiger partial charge in [-0.3, -0.25) is 0 Å². The monoisotopic (exact) mass is 266 g/mol. The highest BCUT2D eigenvalue weighted by Gasteiger charge is 2.09. The summed E-state index contributed by atoms with van der Waals surface area (Å²) in [6.45, 7) is 4.43. The summed E-state index contributed by atoms with van der Waals surface area (Å²) in [5.74, 6) is 0.669. The van der Waals surface area contributed by atoms with Crippen LogP contribution in [0.5, 0.6) is 5.88 Å². The van der Waals surface area contributed by atoms with Crippen molar-refractivity contribution in [2.24, 2.45) is 0 Å². The van der Waals surface area contributed by atoms with E-state index in [-0.39, 0.29) is 17.7 Å². The van der Waals surface area contributed by atoms with Crippen LogP contribution in [0.1, 0.15) is 31.2 Å². The van der Waals surface area contributed by atoms with Crippen molar-refractivity contribution in [1.29, 1.82) is 0 Å². The average Bonchev–Trinajstić information content (AvgIpc) is 2.87. The van der Waals surface area contributed by atoms with Gasteiger partial charge in [-0.2, -0.15) is 9.37 Å². The highest BCUT2D eigenvalue weighted by Crippen LogP contribution is 2.17. The third-order valence-electron chi connectivity index (χ3n) is 2.48. The second kappa shape index (κ2) is 5.64. The van der Waals surface area contributed by atoms with Crippen LogP contribution in [0.4, 0.5) is 10.3 Å². The minimum Gasteiger partial charge on any atom is -0.479 e. The van der Waals surface area contributed by atoms with Crippen LogP contribution in [0.2, 0.25) is 0 Å². The molecule has 0 aliphatic heterocycles. The maximum absolute atomic E-state index is 13.1. The molecule has 0 saturated heterocycles. The van der Waals surface area contributed by atoms with E-state index in [2.05, 4.69) is 20.4 Å². The first-order chi connectivity index (χ1) is 9.10. The predicted octanol–water partition coefficient (Wildman–Crippen LogP) is 2.35. The Morgan fingerprint density at radius 2 is 2.26 bits per heavy atom. The second-order valence-electron chi connectivity index (χ2n) is 4.28. The molecule has 0 fully saturated rings. The largest absolute Gasteiger partial charge is 0.479 e. The Bertz CT molecular complexity index is 556. The number of methoxy groups -OCH3 is 1. The maximum Gasteiger partial charge on any atom is 0.255 e. The molecule has 0 aliphatic rings. The number of nitrogens with one attached hydrogen (secondary N) is 1. The van der Waals surface area contributed by atoms with E-state index in [0.29, 0.717) is 6.54 Å². The standard InChI is InChI=1S/C12H15FN4O2/c1-7(2)10-4-8(17-19-10)5-14-12-15-6-9(13)11(16-12)18-3/h4,6-7H,5H2,1-3H3,(H,14,15,16). The third-order valence-corrected chi connectivity index (χ3v) is 2.48. The van der Waals surface area contributed by atoms with Crippen LogP contribution in [0.3, 0.4) is 0 Å². The molecule has 2 aromatic heterocycles. The minimum absolute atomic E-state index is 0.0967. The number of halogens is 1. The number of hydrogen-bond donors (Lipinski definition) is 1. The average molecular weight is 266 g/mol. The molecular formula is C12H15FN4O2. The van der Waals surface area contributed by atoms with E-state index in [0.717, 1.165) is 17.7 Å². The summed E-state index contributed by atoms with van der Waals surface area (Å²) >= 11 is 0. The molecule has 19 heavy (non-hydrogen) atoms. The fourth-order valence-electron chi connectivity index (χ4n) is 1.43. The van der Waals surface area contributed by atoms with Crippen molar-refractivity contribution in [1.82, 2.24) is 15.1 Å². The minimum atomic E-state index is -0.600. The quantitative estimate of drug-likeness (QED) is 0.895. The topological polar surface area (TPSA) is 73.1 Å². The molecule has 1 N–H and O–H groups in total. The van der Waals surface area contributed by atoms with Gasteiger partial charge in [-0.05, 0) is 0 Å². The van der Waals surface area contributed by atoms with Crippen LogP contribution in [0.15, 0.2) is 16.8 Å². The summed E-state index contributed by atoms with van der Waals surface area (Å²) in [5, 5.41) is 6.84. The zero-order valence-electron chi connectivity index (χ0n) is 11.0. The highest BCUT2D eigenvalue weighted by molar-refractivity contribution is 5.29. The Morgan fingerprint density at radius 1 is 1.47 bits per heavy atom. The molecule has 2 rings (SSSR count). The van der Waals surface area contributed by atoms with Gasteiger partial charge < -0.3 is 14.6 Å². The number of ether oxygens (including phenoxy) is 1. The lowest BCUT2D eigenvalue weighted by Crippen LogP contribution is -2.05. The van der Waals surface area contributed by atoms with Crippen LogP contribution in [0, 0.1) is 5.82 Å². The Hall–Kier alpha value is -2.18. The smallest absolute Gasteiger partial charge is 0.255 e. The van der Waals surface area contributed by atoms with E-state index in [1.54, 1.807) is 0 Å². The van der Waals surface area contributed by atoms with Crippen molar-refractivity contribution in [2.75, 3.05) is 12.4 Å². The number of anilines is 1. The zero-order chi connectivity index (χ0) is 13.8. The fourth-order valence-corrected chi connectivity index (χ4v) is 1.43. The Balaban J connectivity index is 2.01. The van der Waals surface area contributed by atoms with Crippen LogP contribution >= 0.6 is 0 Å². The first-order valence-electron chi connectivity index (χ1n) is 5.86. The summed E-state index contributed by atoms with van der Waals surface area (Å²) in [6.07, 6.45) is 1.05. The molecule has 0 saturated carbocycles. The lowest BCUT2D eigenvalue weighted by Gasteiger charge is -2.04. The van der Waals surface area contributed by atoms with E-state index in [1.165, 1.54) is 7.11 Å². The molecule has 0 bridgehead atoms. The van der Waals surface area contributed by atoms with Gasteiger partial charge in [-0.15, -0.1) is 0 Å². The molecule has 0 aromatic carbocycles. The summed E-state index contributed by atoms with van der Waals surface area (Å²) < 4.78 is 23.1. The van der Waals surface area contributed by atoms with E-state index < -0.39 is 5.82 Å². The molecular weight excluding hydrogens is 251 g/mol. The lowest BCUT2D eigenvalue weighted by molar-refractivity contribution is 0.365. The number of hydrogen-bond acceptors (Lipinski definition) is 6. The van der Waals surface area contributed by atoms with E-state index in [4.69, 9.17) is 9.26 Å². The first-order valence-corrected chi connectivity index (χ1v) is 5.86. The van der Waals surface area contributed by atoms with Gasteiger partial charge in [-0.1, -0.05) is 19.0 Å². The molecule has 0 radical (unpaired) electrons. The molecule has 0 atom stereocenters. The third kappa shape index (κ3) is 3.18. The molecule has 2 heterocycles. The maximum atomic E-state index is 13.1. The SMILES string of the molecule is COc1nc(NCc2cc(C(C)C)on2)ncc1F. The van der Waals surface area contributed by atoms with Gasteiger partial charge in [0, 0.05) is 12.0 Å². The van der Waals surface area contributed by atoms with Gasteiger partial charge in [0.2, 0.25) is 11.8 Å². The molecule has 2 aromatic rings. The molecule has 0 spiro atoms. The van der Waals surface area contributed by atoms with E-state index in [1.807, 2.05) is 19.9 Å². The molecule has 7 heteroatoms. The second-order valence-corrected chi connectivity index (χ2v) is 4.28. The van der Waals surface area contributed by atoms with Crippen molar-refractivity contribution in [3.05, 3.63) is 29.5 Å². The van der Waals surface area contributed by atoms with Crippen molar-refractivity contribution in [3.63, 3.8) is 0 Å². The zero-order valence-corrected chi connectivity index (χ0v) is 11.0. The van der Waals surface area contributed by atoms with Gasteiger partial charge in [0.1, 0.15) is 11.5 Å². The Kier molecular flexibility index (Phi) is 3.94. The van der Waals surface area contributed by atoms with Gasteiger partial charge in [-0.25, -0.2) is 4.98 Å². The van der Waals surface area contributed by atoms with Crippen LogP contribution in [-0.2, 0) is 6.54 Å². The van der Waals surface area contributed by atoms with Crippen molar-refractivity contribution < 1.29 is 13.7 Å². The Labute approximate surface area is 110 Å². The van der Waals surface area contributed by atoms with Gasteiger partial charge in [0.05, 0.1) is 19.9 Å². The van der Waals surface area contributed by atoms with Gasteiger partial charge >= 0.3 is 0 Å². The predicted molar refractivity (Wildman–Crippen MR) is 66.5 cm³/mol. The molecule has 6 nitrogen and oxygen atoms in total. The van der Waals surface area contributed by atoms with Crippen LogP contribution in [0.25, 0.3) is 0 Å². The summed E-state index contributed by atoms with van der Waals surface area (Å²) in [6, 6.07) is 1.86. The molecule has 0 amide bonds. The van der Waals surface area contributed by atoms with Crippen molar-refractivity contribution >= 4 is 5.95 Å². The van der Waals surface area contributed by atoms with Gasteiger partial charge in [0.15, 0.2) is 0 Å².